The fourth-order valence-corrected chi connectivity index (χ4v) is 2.73. The van der Waals surface area contributed by atoms with E-state index in [1.54, 1.807) is 6.92 Å². The molecule has 0 unspecified atom stereocenters. The average molecular weight is 384 g/mol. The number of carboxylic acids is 2. The van der Waals surface area contributed by atoms with E-state index in [1.165, 1.54) is 25.3 Å². The van der Waals surface area contributed by atoms with Gasteiger partial charge in [-0.15, -0.1) is 0 Å². The number of nitrogen functional groups attached to an aromatic ring is 1. The average Bonchev–Trinajstić information content (AvgIpc) is 3.05. The van der Waals surface area contributed by atoms with Gasteiger partial charge in [0.2, 0.25) is 0 Å². The van der Waals surface area contributed by atoms with Crippen molar-refractivity contribution in [3.8, 4) is 0 Å². The Kier molecular flexibility index (Phi) is 7.08. The minimum atomic E-state index is -1.23. The van der Waals surface area contributed by atoms with Crippen molar-refractivity contribution in [3.63, 3.8) is 0 Å². The van der Waals surface area contributed by atoms with Crippen LogP contribution in [0.5, 0.6) is 0 Å². The number of aromatic carboxylic acids is 2. The molecule has 148 valence electrons. The summed E-state index contributed by atoms with van der Waals surface area (Å²) in [4.78, 5) is 25.6. The van der Waals surface area contributed by atoms with Crippen LogP contribution in [0.3, 0.4) is 0 Å². The van der Waals surface area contributed by atoms with Gasteiger partial charge < -0.3 is 15.9 Å². The lowest BCUT2D eigenvalue weighted by atomic mass is 10.0. The van der Waals surface area contributed by atoms with E-state index in [1.807, 2.05) is 29.2 Å². The lowest BCUT2D eigenvalue weighted by Crippen LogP contribution is -2.08. The molecule has 28 heavy (non-hydrogen) atoms. The highest BCUT2D eigenvalue weighted by Crippen LogP contribution is 2.18. The van der Waals surface area contributed by atoms with Crippen LogP contribution in [0, 0.1) is 6.92 Å². The third-order valence-electron chi connectivity index (χ3n) is 4.23. The van der Waals surface area contributed by atoms with Crippen molar-refractivity contribution >= 4 is 28.7 Å². The maximum Gasteiger partial charge on any atom is 0.337 e. The number of rotatable bonds is 6. The summed E-state index contributed by atoms with van der Waals surface area (Å²) in [6.07, 6.45) is 7.39. The summed E-state index contributed by atoms with van der Waals surface area (Å²) in [5.74, 6) is -2.39. The zero-order valence-electron chi connectivity index (χ0n) is 15.9. The lowest BCUT2D eigenvalue weighted by Gasteiger charge is -2.05. The highest BCUT2D eigenvalue weighted by Gasteiger charge is 2.14. The van der Waals surface area contributed by atoms with Crippen molar-refractivity contribution in [3.05, 3.63) is 53.3 Å². The number of benzene rings is 1. The Morgan fingerprint density at radius 2 is 1.86 bits per heavy atom. The predicted molar refractivity (Wildman–Crippen MR) is 107 cm³/mol. The van der Waals surface area contributed by atoms with E-state index >= 15 is 0 Å². The van der Waals surface area contributed by atoms with Gasteiger partial charge in [0.15, 0.2) is 5.65 Å². The van der Waals surface area contributed by atoms with Gasteiger partial charge in [-0.2, -0.15) is 5.10 Å². The van der Waals surface area contributed by atoms with E-state index in [2.05, 4.69) is 17.0 Å². The molecule has 0 aliphatic carbocycles. The molecule has 0 saturated heterocycles. The molecule has 0 fully saturated rings. The van der Waals surface area contributed by atoms with Gasteiger partial charge >= 0.3 is 11.9 Å². The van der Waals surface area contributed by atoms with Crippen molar-refractivity contribution in [2.45, 2.75) is 39.7 Å². The monoisotopic (exact) mass is 384 g/mol. The molecule has 0 atom stereocenters. The summed E-state index contributed by atoms with van der Waals surface area (Å²) in [5, 5.41) is 22.9. The summed E-state index contributed by atoms with van der Waals surface area (Å²) < 4.78 is 1.99. The van der Waals surface area contributed by atoms with Gasteiger partial charge in [0, 0.05) is 23.8 Å². The smallest absolute Gasteiger partial charge is 0.337 e. The fraction of sp³-hybridized carbons (Fsp3) is 0.300. The molecule has 2 heterocycles. The third-order valence-corrected chi connectivity index (χ3v) is 4.23. The molecule has 0 saturated carbocycles. The highest BCUT2D eigenvalue weighted by molar-refractivity contribution is 5.98. The third kappa shape index (κ3) is 5.06. The Balaban J connectivity index is 0.000000200. The van der Waals surface area contributed by atoms with Gasteiger partial charge in [-0.1, -0.05) is 19.8 Å². The van der Waals surface area contributed by atoms with Crippen molar-refractivity contribution in [1.82, 2.24) is 14.8 Å². The number of hydrogen-bond acceptors (Lipinski definition) is 5. The van der Waals surface area contributed by atoms with E-state index in [4.69, 9.17) is 15.9 Å². The zero-order valence-corrected chi connectivity index (χ0v) is 15.9. The van der Waals surface area contributed by atoms with E-state index in [0.717, 1.165) is 23.6 Å². The second-order valence-electron chi connectivity index (χ2n) is 6.36. The van der Waals surface area contributed by atoms with E-state index in [9.17, 15) is 9.59 Å². The standard InChI is InChI=1S/C11H15N3.C9H9NO4/c1-2-3-4-8-14-11-10(9-13-14)6-5-7-12-11;1-4-2-7(10)6(9(13)14)3-5(4)8(11)12/h5-7,9H,2-4,8H2,1H3;2-3H,10H2,1H3,(H,11,12)(H,13,14). The van der Waals surface area contributed by atoms with Gasteiger partial charge in [-0.25, -0.2) is 19.3 Å². The van der Waals surface area contributed by atoms with E-state index < -0.39 is 11.9 Å². The first-order valence-electron chi connectivity index (χ1n) is 8.98. The fourth-order valence-electron chi connectivity index (χ4n) is 2.73. The molecule has 0 amide bonds. The van der Waals surface area contributed by atoms with Crippen molar-refractivity contribution < 1.29 is 19.8 Å². The second-order valence-corrected chi connectivity index (χ2v) is 6.36. The number of fused-ring (bicyclic) bond motifs is 1. The highest BCUT2D eigenvalue weighted by atomic mass is 16.4. The zero-order chi connectivity index (χ0) is 20.7. The number of nitrogens with zero attached hydrogens (tertiary/aromatic N) is 3. The van der Waals surface area contributed by atoms with E-state index in [-0.39, 0.29) is 16.8 Å². The number of carboxylic acid groups (broad SMARTS) is 2. The van der Waals surface area contributed by atoms with Gasteiger partial charge in [-0.05, 0) is 43.2 Å². The number of unbranched alkanes of at least 4 members (excludes halogenated alkanes) is 2. The van der Waals surface area contributed by atoms with Crippen LogP contribution in [0.4, 0.5) is 5.69 Å². The van der Waals surface area contributed by atoms with Crippen LogP contribution in [0.1, 0.15) is 52.5 Å². The van der Waals surface area contributed by atoms with Crippen LogP contribution in [0.2, 0.25) is 0 Å². The van der Waals surface area contributed by atoms with Crippen LogP contribution in [-0.2, 0) is 6.54 Å². The Morgan fingerprint density at radius 1 is 1.14 bits per heavy atom. The first-order chi connectivity index (χ1) is 13.3. The van der Waals surface area contributed by atoms with Crippen LogP contribution in [0.25, 0.3) is 11.0 Å². The number of carbonyl (C=O) groups is 2. The molecule has 4 N–H and O–H groups in total. The molecular formula is C20H24N4O4. The quantitative estimate of drug-likeness (QED) is 0.437. The number of hydrogen-bond donors (Lipinski definition) is 3. The molecule has 8 heteroatoms. The first-order valence-corrected chi connectivity index (χ1v) is 8.98. The topological polar surface area (TPSA) is 131 Å². The van der Waals surface area contributed by atoms with E-state index in [0.29, 0.717) is 5.56 Å². The number of aryl methyl sites for hydroxylation is 2. The number of pyridine rings is 1. The molecule has 0 radical (unpaired) electrons. The Hall–Kier alpha value is -3.42. The maximum absolute atomic E-state index is 10.7. The molecule has 0 aliphatic heterocycles. The van der Waals surface area contributed by atoms with Gasteiger partial charge in [-0.3, -0.25) is 0 Å². The normalized spacial score (nSPS) is 10.4. The van der Waals surface area contributed by atoms with Crippen molar-refractivity contribution in [1.29, 1.82) is 0 Å². The summed E-state index contributed by atoms with van der Waals surface area (Å²) in [6.45, 7) is 4.75. The largest absolute Gasteiger partial charge is 0.478 e. The SMILES string of the molecule is CCCCCn1ncc2cccnc21.Cc1cc(N)c(C(=O)O)cc1C(=O)O. The van der Waals surface area contributed by atoms with Gasteiger partial charge in [0.1, 0.15) is 0 Å². The Morgan fingerprint density at radius 3 is 2.50 bits per heavy atom. The second kappa shape index (κ2) is 9.50. The van der Waals surface area contributed by atoms with Crippen LogP contribution < -0.4 is 5.73 Å². The van der Waals surface area contributed by atoms with Crippen molar-refractivity contribution in [2.24, 2.45) is 0 Å². The van der Waals surface area contributed by atoms with Gasteiger partial charge in [0.25, 0.3) is 0 Å². The lowest BCUT2D eigenvalue weighted by molar-refractivity contribution is 0.0695. The molecule has 3 aromatic rings. The molecular weight excluding hydrogens is 360 g/mol. The summed E-state index contributed by atoms with van der Waals surface area (Å²) in [7, 11) is 0. The number of nitrogens with two attached hydrogens (primary N) is 1. The minimum absolute atomic E-state index is 0.0448. The molecule has 0 spiro atoms. The Bertz CT molecular complexity index is 946. The summed E-state index contributed by atoms with van der Waals surface area (Å²) >= 11 is 0. The van der Waals surface area contributed by atoms with Crippen molar-refractivity contribution in [2.75, 3.05) is 5.73 Å². The number of aromatic nitrogens is 3. The molecule has 3 rings (SSSR count). The van der Waals surface area contributed by atoms with Crippen LogP contribution in [-0.4, -0.2) is 36.9 Å². The Labute approximate surface area is 162 Å². The number of anilines is 1. The van der Waals surface area contributed by atoms with Gasteiger partial charge in [0.05, 0.1) is 17.3 Å². The predicted octanol–water partition coefficient (Wildman–Crippen LogP) is 3.60. The first kappa shape index (κ1) is 20.9. The van der Waals surface area contributed by atoms with Crippen LogP contribution in [0.15, 0.2) is 36.7 Å². The molecule has 1 aromatic carbocycles. The minimum Gasteiger partial charge on any atom is -0.478 e. The van der Waals surface area contributed by atoms with Crippen LogP contribution >= 0.6 is 0 Å². The molecule has 0 bridgehead atoms. The molecule has 8 nitrogen and oxygen atoms in total. The summed E-state index contributed by atoms with van der Waals surface area (Å²) in [6, 6.07) is 6.40. The maximum atomic E-state index is 10.7. The molecule has 0 aliphatic rings. The molecule has 2 aromatic heterocycles. The summed E-state index contributed by atoms with van der Waals surface area (Å²) in [5.41, 5.74) is 6.70.